The fourth-order valence-electron chi connectivity index (χ4n) is 1.61. The molecule has 1 amide bonds. The van der Waals surface area contributed by atoms with E-state index in [1.807, 2.05) is 13.8 Å². The molecule has 1 unspecified atom stereocenters. The highest BCUT2D eigenvalue weighted by atomic mass is 19.2. The largest absolute Gasteiger partial charge is 0.350 e. The zero-order valence-corrected chi connectivity index (χ0v) is 11.5. The second-order valence-electron chi connectivity index (χ2n) is 5.45. The third-order valence-corrected chi connectivity index (χ3v) is 2.82. The molecule has 0 heterocycles. The molecule has 1 atom stereocenters. The molecule has 3 nitrogen and oxygen atoms in total. The number of benzene rings is 1. The molecule has 0 aromatic heterocycles. The van der Waals surface area contributed by atoms with Crippen molar-refractivity contribution < 1.29 is 13.6 Å². The fourth-order valence-corrected chi connectivity index (χ4v) is 1.61. The van der Waals surface area contributed by atoms with Crippen LogP contribution in [-0.4, -0.2) is 11.4 Å². The Kier molecular flexibility index (Phi) is 5.00. The first-order chi connectivity index (χ1) is 8.69. The zero-order chi connectivity index (χ0) is 14.6. The molecule has 0 fully saturated rings. The summed E-state index contributed by atoms with van der Waals surface area (Å²) in [5, 5.41) is 2.73. The van der Waals surface area contributed by atoms with Gasteiger partial charge in [-0.15, -0.1) is 0 Å². The van der Waals surface area contributed by atoms with Crippen LogP contribution in [0.25, 0.3) is 0 Å². The zero-order valence-electron chi connectivity index (χ0n) is 11.5. The van der Waals surface area contributed by atoms with Crippen molar-refractivity contribution in [3.8, 4) is 0 Å². The highest BCUT2D eigenvalue weighted by Crippen LogP contribution is 2.16. The van der Waals surface area contributed by atoms with Crippen LogP contribution in [0.3, 0.4) is 0 Å². The van der Waals surface area contributed by atoms with Crippen LogP contribution >= 0.6 is 0 Å². The molecule has 1 rings (SSSR count). The van der Waals surface area contributed by atoms with E-state index in [1.165, 1.54) is 6.07 Å². The van der Waals surface area contributed by atoms with E-state index in [9.17, 15) is 13.6 Å². The van der Waals surface area contributed by atoms with Crippen molar-refractivity contribution in [2.45, 2.75) is 45.2 Å². The van der Waals surface area contributed by atoms with Crippen molar-refractivity contribution in [2.75, 3.05) is 0 Å². The number of rotatable bonds is 5. The summed E-state index contributed by atoms with van der Waals surface area (Å²) in [5.74, 6) is -1.97. The van der Waals surface area contributed by atoms with E-state index < -0.39 is 17.2 Å². The molecule has 0 spiro atoms. The molecule has 0 bridgehead atoms. The molecule has 0 saturated carbocycles. The van der Waals surface area contributed by atoms with E-state index in [-0.39, 0.29) is 11.9 Å². The smallest absolute Gasteiger partial charge is 0.220 e. The van der Waals surface area contributed by atoms with Gasteiger partial charge < -0.3 is 11.1 Å². The van der Waals surface area contributed by atoms with Crippen LogP contribution in [0.15, 0.2) is 18.2 Å². The van der Waals surface area contributed by atoms with Crippen LogP contribution in [0.5, 0.6) is 0 Å². The average molecular weight is 270 g/mol. The SMILES string of the molecule is CC(NC(=O)CCC(C)(C)N)c1ccc(F)c(F)c1. The minimum atomic E-state index is -0.915. The van der Waals surface area contributed by atoms with Crippen molar-refractivity contribution in [3.63, 3.8) is 0 Å². The Morgan fingerprint density at radius 1 is 1.37 bits per heavy atom. The van der Waals surface area contributed by atoms with Crippen LogP contribution in [0.4, 0.5) is 8.78 Å². The highest BCUT2D eigenvalue weighted by Gasteiger charge is 2.15. The maximum absolute atomic E-state index is 13.1. The van der Waals surface area contributed by atoms with Gasteiger partial charge in [0.2, 0.25) is 5.91 Å². The lowest BCUT2D eigenvalue weighted by Crippen LogP contribution is -2.35. The van der Waals surface area contributed by atoms with Crippen molar-refractivity contribution in [2.24, 2.45) is 5.73 Å². The Bertz CT molecular complexity index is 455. The first-order valence-corrected chi connectivity index (χ1v) is 6.22. The van der Waals surface area contributed by atoms with Crippen LogP contribution < -0.4 is 11.1 Å². The number of nitrogens with one attached hydrogen (secondary N) is 1. The normalized spacial score (nSPS) is 13.2. The summed E-state index contributed by atoms with van der Waals surface area (Å²) in [4.78, 5) is 11.7. The number of halogens is 2. The Balaban J connectivity index is 2.56. The van der Waals surface area contributed by atoms with E-state index in [4.69, 9.17) is 5.73 Å². The lowest BCUT2D eigenvalue weighted by atomic mass is 9.99. The van der Waals surface area contributed by atoms with Crippen molar-refractivity contribution in [3.05, 3.63) is 35.4 Å². The van der Waals surface area contributed by atoms with Crippen molar-refractivity contribution >= 4 is 5.91 Å². The molecule has 0 aliphatic heterocycles. The average Bonchev–Trinajstić information content (AvgIpc) is 2.29. The Morgan fingerprint density at radius 3 is 2.53 bits per heavy atom. The number of amides is 1. The molecule has 1 aromatic carbocycles. The first-order valence-electron chi connectivity index (χ1n) is 6.22. The molecule has 3 N–H and O–H groups in total. The van der Waals surface area contributed by atoms with Crippen molar-refractivity contribution in [1.29, 1.82) is 0 Å². The molecule has 0 saturated heterocycles. The Morgan fingerprint density at radius 2 is 2.00 bits per heavy atom. The molecule has 106 valence electrons. The van der Waals surface area contributed by atoms with Gasteiger partial charge in [-0.2, -0.15) is 0 Å². The minimum Gasteiger partial charge on any atom is -0.350 e. The number of carbonyl (C=O) groups excluding carboxylic acids is 1. The number of nitrogens with two attached hydrogens (primary N) is 1. The van der Waals surface area contributed by atoms with E-state index >= 15 is 0 Å². The molecule has 0 aliphatic rings. The molecule has 0 aliphatic carbocycles. The summed E-state index contributed by atoms with van der Waals surface area (Å²) in [6.07, 6.45) is 0.862. The Hall–Kier alpha value is -1.49. The van der Waals surface area contributed by atoms with Gasteiger partial charge >= 0.3 is 0 Å². The van der Waals surface area contributed by atoms with Crippen LogP contribution in [0.2, 0.25) is 0 Å². The minimum absolute atomic E-state index is 0.157. The van der Waals surface area contributed by atoms with Crippen LogP contribution in [0, 0.1) is 11.6 Å². The van der Waals surface area contributed by atoms with Gasteiger partial charge in [-0.25, -0.2) is 8.78 Å². The van der Waals surface area contributed by atoms with Gasteiger partial charge in [0.15, 0.2) is 11.6 Å². The molecular formula is C14H20F2N2O. The van der Waals surface area contributed by atoms with Crippen LogP contribution in [0.1, 0.15) is 45.2 Å². The maximum Gasteiger partial charge on any atom is 0.220 e. The predicted molar refractivity (Wildman–Crippen MR) is 70.4 cm³/mol. The fraction of sp³-hybridized carbons (Fsp3) is 0.500. The second-order valence-corrected chi connectivity index (χ2v) is 5.45. The molecule has 0 radical (unpaired) electrons. The first kappa shape index (κ1) is 15.6. The summed E-state index contributed by atoms with van der Waals surface area (Å²) in [6.45, 7) is 5.41. The summed E-state index contributed by atoms with van der Waals surface area (Å²) < 4.78 is 25.9. The lowest BCUT2D eigenvalue weighted by molar-refractivity contribution is -0.122. The summed E-state index contributed by atoms with van der Waals surface area (Å²) in [6, 6.07) is 3.23. The summed E-state index contributed by atoms with van der Waals surface area (Å²) in [5.41, 5.74) is 5.92. The van der Waals surface area contributed by atoms with Gasteiger partial charge in [0, 0.05) is 12.0 Å². The van der Waals surface area contributed by atoms with Gasteiger partial charge in [0.05, 0.1) is 6.04 Å². The maximum atomic E-state index is 13.1. The number of hydrogen-bond donors (Lipinski definition) is 2. The molecular weight excluding hydrogens is 250 g/mol. The number of carbonyl (C=O) groups is 1. The molecule has 1 aromatic rings. The van der Waals surface area contributed by atoms with Gasteiger partial charge in [-0.05, 0) is 44.9 Å². The molecule has 19 heavy (non-hydrogen) atoms. The standard InChI is InChI=1S/C14H20F2N2O/c1-9(10-4-5-11(15)12(16)8-10)18-13(19)6-7-14(2,3)17/h4-5,8-9H,6-7,17H2,1-3H3,(H,18,19). The molecule has 5 heteroatoms. The van der Waals surface area contributed by atoms with Gasteiger partial charge in [0.1, 0.15) is 0 Å². The van der Waals surface area contributed by atoms with Gasteiger partial charge in [0.25, 0.3) is 0 Å². The lowest BCUT2D eigenvalue weighted by Gasteiger charge is -2.19. The summed E-state index contributed by atoms with van der Waals surface area (Å²) in [7, 11) is 0. The van der Waals surface area contributed by atoms with E-state index in [1.54, 1.807) is 6.92 Å². The third-order valence-electron chi connectivity index (χ3n) is 2.82. The van der Waals surface area contributed by atoms with Gasteiger partial charge in [-0.3, -0.25) is 4.79 Å². The predicted octanol–water partition coefficient (Wildman–Crippen LogP) is 2.66. The van der Waals surface area contributed by atoms with E-state index in [0.29, 0.717) is 18.4 Å². The highest BCUT2D eigenvalue weighted by molar-refractivity contribution is 5.76. The topological polar surface area (TPSA) is 55.1 Å². The van der Waals surface area contributed by atoms with E-state index in [2.05, 4.69) is 5.32 Å². The van der Waals surface area contributed by atoms with E-state index in [0.717, 1.165) is 12.1 Å². The van der Waals surface area contributed by atoms with Crippen molar-refractivity contribution in [1.82, 2.24) is 5.32 Å². The van der Waals surface area contributed by atoms with Gasteiger partial charge in [-0.1, -0.05) is 6.07 Å². The van der Waals surface area contributed by atoms with Crippen LogP contribution in [-0.2, 0) is 4.79 Å². The summed E-state index contributed by atoms with van der Waals surface area (Å²) >= 11 is 0. The quantitative estimate of drug-likeness (QED) is 0.864. The second kappa shape index (κ2) is 6.10. The number of hydrogen-bond acceptors (Lipinski definition) is 2. The monoisotopic (exact) mass is 270 g/mol. The third kappa shape index (κ3) is 5.34. The Labute approximate surface area is 112 Å².